The lowest BCUT2D eigenvalue weighted by atomic mass is 9.55. The van der Waals surface area contributed by atoms with E-state index in [4.69, 9.17) is 17.3 Å². The highest BCUT2D eigenvalue weighted by molar-refractivity contribution is 6.33. The van der Waals surface area contributed by atoms with Crippen molar-refractivity contribution < 1.29 is 39.9 Å². The van der Waals surface area contributed by atoms with Gasteiger partial charge in [0.25, 0.3) is 5.91 Å². The van der Waals surface area contributed by atoms with Gasteiger partial charge in [-0.1, -0.05) is 18.5 Å². The van der Waals surface area contributed by atoms with E-state index in [9.17, 15) is 39.9 Å². The summed E-state index contributed by atoms with van der Waals surface area (Å²) in [6.07, 6.45) is -1.65. The first-order chi connectivity index (χ1) is 15.3. The lowest BCUT2D eigenvalue weighted by Gasteiger charge is -2.53. The standard InChI is InChI=1S/C22H23ClN2O8/c1-6-9-7(23)4-5-8(26)11(9)16(27)12-10(6)17(28)14-15(25(2)3)18(29)13(21(24)32)20(31)22(14,33)19(12)30/h4-6,10,14-15,17,26,28-30,33H,1-3H3,(H2,24,32)/t6-,10+,14+,15-,17-,22-/m0/s1. The molecule has 0 bridgehead atoms. The summed E-state index contributed by atoms with van der Waals surface area (Å²) in [6.45, 7) is 1.61. The molecule has 0 saturated carbocycles. The van der Waals surface area contributed by atoms with Crippen LogP contribution in [0.15, 0.2) is 34.8 Å². The zero-order valence-corrected chi connectivity index (χ0v) is 18.7. The third kappa shape index (κ3) is 2.75. The third-order valence-electron chi connectivity index (χ3n) is 7.06. The van der Waals surface area contributed by atoms with Crippen LogP contribution in [0.4, 0.5) is 0 Å². The van der Waals surface area contributed by atoms with Crippen LogP contribution in [-0.4, -0.2) is 79.7 Å². The van der Waals surface area contributed by atoms with E-state index in [1.165, 1.54) is 31.1 Å². The van der Waals surface area contributed by atoms with Crippen LogP contribution in [0, 0.1) is 11.8 Å². The molecule has 6 atom stereocenters. The number of nitrogens with two attached hydrogens (primary N) is 1. The largest absolute Gasteiger partial charge is 0.510 e. The minimum atomic E-state index is -2.93. The molecular weight excluding hydrogens is 456 g/mol. The van der Waals surface area contributed by atoms with Crippen LogP contribution < -0.4 is 5.73 Å². The number of halogens is 1. The Balaban J connectivity index is 2.08. The molecule has 7 N–H and O–H groups in total. The molecule has 33 heavy (non-hydrogen) atoms. The number of Topliss-reactive ketones (excluding diaryl/α,β-unsaturated/α-hetero) is 2. The van der Waals surface area contributed by atoms with Gasteiger partial charge in [-0.25, -0.2) is 0 Å². The fourth-order valence-corrected chi connectivity index (χ4v) is 5.98. The van der Waals surface area contributed by atoms with Gasteiger partial charge in [-0.2, -0.15) is 0 Å². The van der Waals surface area contributed by atoms with Crippen LogP contribution >= 0.6 is 11.6 Å². The molecule has 4 rings (SSSR count). The van der Waals surface area contributed by atoms with Crippen LogP contribution in [0.2, 0.25) is 5.02 Å². The maximum absolute atomic E-state index is 13.4. The van der Waals surface area contributed by atoms with E-state index >= 15 is 0 Å². The number of ketones is 2. The number of benzene rings is 1. The number of aliphatic hydroxyl groups is 4. The fourth-order valence-electron chi connectivity index (χ4n) is 5.65. The third-order valence-corrected chi connectivity index (χ3v) is 7.39. The number of fused-ring (bicyclic) bond motifs is 3. The van der Waals surface area contributed by atoms with Gasteiger partial charge in [-0.15, -0.1) is 0 Å². The molecule has 10 nitrogen and oxygen atoms in total. The van der Waals surface area contributed by atoms with Crippen molar-refractivity contribution in [3.8, 4) is 5.75 Å². The van der Waals surface area contributed by atoms with Crippen LogP contribution in [0.25, 0.3) is 0 Å². The molecule has 0 fully saturated rings. The summed E-state index contributed by atoms with van der Waals surface area (Å²) in [6, 6.07) is 1.28. The SMILES string of the molecule is C[C@H]1c2c(Cl)ccc(O)c2C(=O)C2=C(O)[C@]3(O)C(=O)C(C(N)=O)=C(O)[C@@H](N(C)C)[C@@H]3[C@@H](O)[C@@H]21. The number of hydrogen-bond donors (Lipinski definition) is 6. The van der Waals surface area contributed by atoms with Crippen molar-refractivity contribution in [2.24, 2.45) is 17.6 Å². The van der Waals surface area contributed by atoms with Crippen molar-refractivity contribution in [2.75, 3.05) is 14.1 Å². The molecule has 1 aromatic rings. The molecule has 1 amide bonds. The number of amides is 1. The molecule has 176 valence electrons. The van der Waals surface area contributed by atoms with Crippen LogP contribution in [-0.2, 0) is 9.59 Å². The van der Waals surface area contributed by atoms with Crippen molar-refractivity contribution >= 4 is 29.1 Å². The number of carbonyl (C=O) groups excluding carboxylic acids is 3. The van der Waals surface area contributed by atoms with Crippen LogP contribution in [0.1, 0.15) is 28.8 Å². The maximum Gasteiger partial charge on any atom is 0.255 e. The topological polar surface area (TPSA) is 182 Å². The van der Waals surface area contributed by atoms with Gasteiger partial charge in [0.15, 0.2) is 11.4 Å². The lowest BCUT2D eigenvalue weighted by Crippen LogP contribution is -2.68. The highest BCUT2D eigenvalue weighted by Gasteiger charge is 2.67. The first-order valence-electron chi connectivity index (χ1n) is 10.1. The first kappa shape index (κ1) is 23.2. The van der Waals surface area contributed by atoms with Crippen molar-refractivity contribution in [1.82, 2.24) is 4.90 Å². The van der Waals surface area contributed by atoms with Gasteiger partial charge >= 0.3 is 0 Å². The summed E-state index contributed by atoms with van der Waals surface area (Å²) in [7, 11) is 2.94. The predicted octanol–water partition coefficient (Wildman–Crippen LogP) is 0.306. The number of rotatable bonds is 2. The average Bonchev–Trinajstić information content (AvgIpc) is 2.72. The summed E-state index contributed by atoms with van der Waals surface area (Å²) in [5.41, 5.74) is 0.948. The number of phenols is 1. The van der Waals surface area contributed by atoms with Crippen molar-refractivity contribution in [2.45, 2.75) is 30.6 Å². The van der Waals surface area contributed by atoms with E-state index < -0.39 is 81.4 Å². The van der Waals surface area contributed by atoms with Crippen molar-refractivity contribution in [1.29, 1.82) is 0 Å². The van der Waals surface area contributed by atoms with Gasteiger partial charge in [0.05, 0.1) is 23.6 Å². The number of hydrogen-bond acceptors (Lipinski definition) is 9. The molecule has 11 heteroatoms. The van der Waals surface area contributed by atoms with Gasteiger partial charge in [0.1, 0.15) is 22.8 Å². The Morgan fingerprint density at radius 2 is 1.79 bits per heavy atom. The van der Waals surface area contributed by atoms with E-state index in [0.29, 0.717) is 0 Å². The monoisotopic (exact) mass is 478 g/mol. The Bertz CT molecular complexity index is 1190. The number of likely N-dealkylation sites (N-methyl/N-ethyl adjacent to an activating group) is 1. The Morgan fingerprint density at radius 3 is 2.33 bits per heavy atom. The second-order valence-electron chi connectivity index (χ2n) is 8.91. The van der Waals surface area contributed by atoms with Crippen LogP contribution in [0.3, 0.4) is 0 Å². The molecule has 0 unspecified atom stereocenters. The zero-order chi connectivity index (χ0) is 24.7. The van der Waals surface area contributed by atoms with Gasteiger partial charge in [-0.05, 0) is 37.7 Å². The number of aromatic hydroxyl groups is 1. The smallest absolute Gasteiger partial charge is 0.255 e. The van der Waals surface area contributed by atoms with Crippen LogP contribution in [0.5, 0.6) is 5.75 Å². The van der Waals surface area contributed by atoms with E-state index in [-0.39, 0.29) is 16.1 Å². The lowest BCUT2D eigenvalue weighted by molar-refractivity contribution is -0.162. The summed E-state index contributed by atoms with van der Waals surface area (Å²) >= 11 is 6.30. The van der Waals surface area contributed by atoms with E-state index in [1.54, 1.807) is 6.92 Å². The molecule has 0 aliphatic heterocycles. The fraction of sp³-hybridized carbons (Fsp3) is 0.409. The normalized spacial score (nSPS) is 33.7. The van der Waals surface area contributed by atoms with Gasteiger partial charge in [0, 0.05) is 16.5 Å². The second kappa shape index (κ2) is 7.29. The molecule has 3 aliphatic carbocycles. The molecule has 0 radical (unpaired) electrons. The summed E-state index contributed by atoms with van der Waals surface area (Å²) in [5.74, 6) is -9.40. The Hall–Kier alpha value is -2.92. The van der Waals surface area contributed by atoms with Crippen molar-refractivity contribution in [3.05, 3.63) is 50.9 Å². The van der Waals surface area contributed by atoms with E-state index in [1.807, 2.05) is 0 Å². The summed E-state index contributed by atoms with van der Waals surface area (Å²) in [5, 5.41) is 55.4. The molecular formula is C22H23ClN2O8. The molecule has 0 heterocycles. The second-order valence-corrected chi connectivity index (χ2v) is 9.31. The predicted molar refractivity (Wildman–Crippen MR) is 115 cm³/mol. The van der Waals surface area contributed by atoms with E-state index in [0.717, 1.165) is 0 Å². The number of phenolic OH excluding ortho intramolecular Hbond substituents is 1. The number of nitrogens with zero attached hydrogens (tertiary/aromatic N) is 1. The summed E-state index contributed by atoms with van der Waals surface area (Å²) in [4.78, 5) is 39.9. The maximum atomic E-state index is 13.4. The summed E-state index contributed by atoms with van der Waals surface area (Å²) < 4.78 is 0. The Labute approximate surface area is 193 Å². The Morgan fingerprint density at radius 1 is 1.18 bits per heavy atom. The van der Waals surface area contributed by atoms with Gasteiger partial charge < -0.3 is 31.3 Å². The minimum Gasteiger partial charge on any atom is -0.510 e. The number of carbonyl (C=O) groups is 3. The average molecular weight is 479 g/mol. The molecule has 3 aliphatic rings. The molecule has 0 saturated heterocycles. The zero-order valence-electron chi connectivity index (χ0n) is 17.9. The highest BCUT2D eigenvalue weighted by atomic mass is 35.5. The first-order valence-corrected chi connectivity index (χ1v) is 10.5. The molecule has 0 spiro atoms. The highest BCUT2D eigenvalue weighted by Crippen LogP contribution is 2.56. The molecule has 0 aromatic heterocycles. The van der Waals surface area contributed by atoms with E-state index in [2.05, 4.69) is 0 Å². The van der Waals surface area contributed by atoms with Crippen molar-refractivity contribution in [3.63, 3.8) is 0 Å². The Kier molecular flexibility index (Phi) is 5.14. The number of primary amides is 1. The quantitative estimate of drug-likeness (QED) is 0.326. The van der Waals surface area contributed by atoms with Gasteiger partial charge in [-0.3, -0.25) is 19.3 Å². The number of aliphatic hydroxyl groups excluding tert-OH is 3. The minimum absolute atomic E-state index is 0.151. The molecule has 1 aromatic carbocycles. The van der Waals surface area contributed by atoms with Gasteiger partial charge in [0.2, 0.25) is 5.78 Å².